The van der Waals surface area contributed by atoms with Crippen molar-refractivity contribution in [1.82, 2.24) is 21.3 Å². The van der Waals surface area contributed by atoms with Crippen molar-refractivity contribution in [2.75, 3.05) is 11.9 Å². The third-order valence-corrected chi connectivity index (χ3v) is 6.20. The molecule has 6 N–H and O–H groups in total. The zero-order chi connectivity index (χ0) is 33.9. The monoisotopic (exact) mass is 632 g/mol. The molecule has 0 fully saturated rings. The van der Waals surface area contributed by atoms with Gasteiger partial charge in [-0.3, -0.25) is 24.0 Å². The second-order valence-electron chi connectivity index (χ2n) is 10.8. The molecule has 3 atom stereocenters. The molecule has 5 amide bonds. The number of rotatable bonds is 20. The van der Waals surface area contributed by atoms with Crippen LogP contribution in [0.2, 0.25) is 0 Å². The number of carbonyl (C=O) groups is 7. The zero-order valence-corrected chi connectivity index (χ0v) is 26.3. The molecule has 15 heteroatoms. The fourth-order valence-corrected chi connectivity index (χ4v) is 3.92. The van der Waals surface area contributed by atoms with Gasteiger partial charge in [-0.25, -0.2) is 9.59 Å². The van der Waals surface area contributed by atoms with Crippen molar-refractivity contribution < 1.29 is 43.0 Å². The van der Waals surface area contributed by atoms with E-state index in [1.165, 1.54) is 6.92 Å². The lowest BCUT2D eigenvalue weighted by Crippen LogP contribution is -2.54. The van der Waals surface area contributed by atoms with E-state index in [2.05, 4.69) is 26.6 Å². The molecule has 0 heterocycles. The number of benzene rings is 1. The number of nitrogens with one attached hydrogen (secondary N) is 6. The Morgan fingerprint density at radius 2 is 1.56 bits per heavy atom. The Labute approximate surface area is 262 Å². The number of anilines is 1. The highest BCUT2D eigenvalue weighted by molar-refractivity contribution is 6.26. The predicted octanol–water partition coefficient (Wildman–Crippen LogP) is 1.34. The van der Waals surface area contributed by atoms with E-state index in [-0.39, 0.29) is 37.7 Å². The summed E-state index contributed by atoms with van der Waals surface area (Å²) in [5.41, 5.74) is 0.955. The lowest BCUT2D eigenvalue weighted by Gasteiger charge is -2.25. The zero-order valence-electron chi connectivity index (χ0n) is 26.3. The SMILES string of the molecule is CC(=O)N[C@H](C(=O)N[C@@H](CCCNC=O)C(=O)Nc1ccc(COC(=O)N[C@@H](CCC(=O)C=N)C(=O)OC(C)C)cc1)C(C)C. The normalized spacial score (nSPS) is 12.6. The molecule has 15 nitrogen and oxygen atoms in total. The number of esters is 1. The second kappa shape index (κ2) is 20.2. The van der Waals surface area contributed by atoms with Gasteiger partial charge in [-0.15, -0.1) is 0 Å². The van der Waals surface area contributed by atoms with Crippen molar-refractivity contribution in [3.8, 4) is 0 Å². The number of hydrogen-bond donors (Lipinski definition) is 6. The first-order valence-electron chi connectivity index (χ1n) is 14.6. The first-order chi connectivity index (χ1) is 21.3. The molecule has 0 aliphatic rings. The number of alkyl carbamates (subject to hydrolysis) is 1. The number of ketones is 1. The van der Waals surface area contributed by atoms with Gasteiger partial charge in [0.2, 0.25) is 24.1 Å². The van der Waals surface area contributed by atoms with E-state index in [1.807, 2.05) is 0 Å². The number of Topliss-reactive ketones (excluding diaryl/α,β-unsaturated/α-hetero) is 1. The van der Waals surface area contributed by atoms with Crippen LogP contribution in [0.5, 0.6) is 0 Å². The van der Waals surface area contributed by atoms with Gasteiger partial charge < -0.3 is 41.5 Å². The minimum atomic E-state index is -1.14. The number of hydrogen-bond acceptors (Lipinski definition) is 10. The molecule has 1 aromatic carbocycles. The maximum absolute atomic E-state index is 13.1. The van der Waals surface area contributed by atoms with Gasteiger partial charge in [0.1, 0.15) is 24.7 Å². The number of carbonyl (C=O) groups excluding carboxylic acids is 7. The van der Waals surface area contributed by atoms with Gasteiger partial charge >= 0.3 is 12.1 Å². The van der Waals surface area contributed by atoms with Crippen LogP contribution in [0, 0.1) is 11.3 Å². The molecule has 0 unspecified atom stereocenters. The van der Waals surface area contributed by atoms with Gasteiger partial charge in [0.05, 0.1) is 12.3 Å². The van der Waals surface area contributed by atoms with Crippen LogP contribution >= 0.6 is 0 Å². The lowest BCUT2D eigenvalue weighted by molar-refractivity contribution is -0.150. The molecule has 0 bridgehead atoms. The summed E-state index contributed by atoms with van der Waals surface area (Å²) in [7, 11) is 0. The van der Waals surface area contributed by atoms with Crippen molar-refractivity contribution in [3.05, 3.63) is 29.8 Å². The highest BCUT2D eigenvalue weighted by atomic mass is 16.6. The van der Waals surface area contributed by atoms with E-state index in [9.17, 15) is 33.6 Å². The van der Waals surface area contributed by atoms with E-state index in [0.717, 1.165) is 0 Å². The summed E-state index contributed by atoms with van der Waals surface area (Å²) in [5, 5.41) is 19.9. The fourth-order valence-electron chi connectivity index (χ4n) is 3.92. The number of amides is 5. The summed E-state index contributed by atoms with van der Waals surface area (Å²) in [6.07, 6.45) is 0.226. The Bertz CT molecular complexity index is 1190. The van der Waals surface area contributed by atoms with Gasteiger partial charge in [-0.1, -0.05) is 26.0 Å². The van der Waals surface area contributed by atoms with Crippen LogP contribution in [0.25, 0.3) is 0 Å². The van der Waals surface area contributed by atoms with Gasteiger partial charge in [0.25, 0.3) is 0 Å². The molecule has 1 rings (SSSR count). The molecule has 0 aromatic heterocycles. The van der Waals surface area contributed by atoms with Crippen LogP contribution in [-0.4, -0.2) is 79.0 Å². The average molecular weight is 633 g/mol. The van der Waals surface area contributed by atoms with Gasteiger partial charge in [0, 0.05) is 25.6 Å². The second-order valence-corrected chi connectivity index (χ2v) is 10.8. The van der Waals surface area contributed by atoms with Gasteiger partial charge in [0.15, 0.2) is 5.78 Å². The van der Waals surface area contributed by atoms with E-state index in [4.69, 9.17) is 14.9 Å². The van der Waals surface area contributed by atoms with Crippen LogP contribution in [0.1, 0.15) is 65.9 Å². The topological polar surface area (TPSA) is 222 Å². The molecule has 0 spiro atoms. The molecule has 0 aliphatic heterocycles. The Kier molecular flexibility index (Phi) is 17.1. The van der Waals surface area contributed by atoms with Crippen LogP contribution < -0.4 is 26.6 Å². The van der Waals surface area contributed by atoms with Crippen LogP contribution in [0.3, 0.4) is 0 Å². The summed E-state index contributed by atoms with van der Waals surface area (Å²) < 4.78 is 10.3. The van der Waals surface area contributed by atoms with Gasteiger partial charge in [-0.05, 0) is 56.7 Å². The van der Waals surface area contributed by atoms with Crippen molar-refractivity contribution >= 4 is 53.9 Å². The minimum Gasteiger partial charge on any atom is -0.461 e. The van der Waals surface area contributed by atoms with Crippen molar-refractivity contribution in [2.24, 2.45) is 5.92 Å². The fraction of sp³-hybridized carbons (Fsp3) is 0.533. The average Bonchev–Trinajstić information content (AvgIpc) is 2.98. The largest absolute Gasteiger partial charge is 0.461 e. The molecule has 0 radical (unpaired) electrons. The molecule has 248 valence electrons. The summed E-state index contributed by atoms with van der Waals surface area (Å²) >= 11 is 0. The maximum atomic E-state index is 13.1. The highest BCUT2D eigenvalue weighted by Gasteiger charge is 2.28. The molecule has 45 heavy (non-hydrogen) atoms. The summed E-state index contributed by atoms with van der Waals surface area (Å²) in [6, 6.07) is 3.40. The maximum Gasteiger partial charge on any atom is 0.408 e. The molecule has 0 saturated carbocycles. The summed E-state index contributed by atoms with van der Waals surface area (Å²) in [5.74, 6) is -2.88. The first kappa shape index (κ1) is 38.2. The molecular weight excluding hydrogens is 588 g/mol. The van der Waals surface area contributed by atoms with Crippen LogP contribution in [0.15, 0.2) is 24.3 Å². The van der Waals surface area contributed by atoms with Gasteiger partial charge in [-0.2, -0.15) is 0 Å². The predicted molar refractivity (Wildman–Crippen MR) is 164 cm³/mol. The third kappa shape index (κ3) is 15.5. The number of ether oxygens (including phenoxy) is 2. The van der Waals surface area contributed by atoms with Crippen LogP contribution in [0.4, 0.5) is 10.5 Å². The van der Waals surface area contributed by atoms with Crippen molar-refractivity contribution in [3.63, 3.8) is 0 Å². The van der Waals surface area contributed by atoms with E-state index in [1.54, 1.807) is 52.0 Å². The molecule has 0 aliphatic carbocycles. The lowest BCUT2D eigenvalue weighted by atomic mass is 10.0. The van der Waals surface area contributed by atoms with Crippen LogP contribution in [-0.2, 0) is 44.8 Å². The Hall–Kier alpha value is -4.82. The minimum absolute atomic E-state index is 0.0658. The standard InChI is InChI=1S/C30H44N6O9/c1-18(2)26(33-20(5)38)28(41)35-24(7-6-14-32-17-37)27(40)34-22-10-8-21(9-11-22)16-44-30(43)36-25(13-12-23(39)15-31)29(42)45-19(3)4/h8-11,15,17-19,24-26,31H,6-7,12-14,16H2,1-5H3,(H,32,37)(H,33,38)(H,34,40)(H,35,41)(H,36,43)/t24-,25-,26-/m0/s1. The summed E-state index contributed by atoms with van der Waals surface area (Å²) in [4.78, 5) is 84.4. The Balaban J connectivity index is 2.84. The first-order valence-corrected chi connectivity index (χ1v) is 14.6. The van der Waals surface area contributed by atoms with E-state index in [0.29, 0.717) is 36.8 Å². The van der Waals surface area contributed by atoms with E-state index >= 15 is 0 Å². The third-order valence-electron chi connectivity index (χ3n) is 6.20. The highest BCUT2D eigenvalue weighted by Crippen LogP contribution is 2.13. The quantitative estimate of drug-likeness (QED) is 0.0527. The molecular formula is C30H44N6O9. The molecule has 0 saturated heterocycles. The van der Waals surface area contributed by atoms with Crippen molar-refractivity contribution in [1.29, 1.82) is 5.41 Å². The Morgan fingerprint density at radius 3 is 2.11 bits per heavy atom. The Morgan fingerprint density at radius 1 is 0.889 bits per heavy atom. The van der Waals surface area contributed by atoms with E-state index < -0.39 is 53.9 Å². The summed E-state index contributed by atoms with van der Waals surface area (Å²) in [6.45, 7) is 8.23. The molecule has 1 aromatic rings. The van der Waals surface area contributed by atoms with Crippen molar-refractivity contribution in [2.45, 2.75) is 91.1 Å². The smallest absolute Gasteiger partial charge is 0.408 e.